The molecule has 5 aliphatic rings. The second-order valence-electron chi connectivity index (χ2n) is 12.4. The zero-order valence-corrected chi connectivity index (χ0v) is 22.3. The molecule has 5 saturated carbocycles. The fourth-order valence-corrected chi connectivity index (χ4v) is 6.97. The Morgan fingerprint density at radius 3 is 2.46 bits per heavy atom. The van der Waals surface area contributed by atoms with Gasteiger partial charge in [-0.2, -0.15) is 18.2 Å². The van der Waals surface area contributed by atoms with Crippen molar-refractivity contribution in [3.05, 3.63) is 36.0 Å². The molecule has 1 aromatic carbocycles. The van der Waals surface area contributed by atoms with Crippen LogP contribution < -0.4 is 9.64 Å². The Morgan fingerprint density at radius 2 is 1.85 bits per heavy atom. The molecule has 2 bridgehead atoms. The summed E-state index contributed by atoms with van der Waals surface area (Å²) in [5.41, 5.74) is -2.16. The molecular formula is C29H36F3N3O4. The van der Waals surface area contributed by atoms with Crippen LogP contribution in [0, 0.1) is 11.3 Å². The van der Waals surface area contributed by atoms with Gasteiger partial charge in [-0.05, 0) is 94.6 Å². The van der Waals surface area contributed by atoms with Crippen LogP contribution in [0.15, 0.2) is 28.8 Å². The summed E-state index contributed by atoms with van der Waals surface area (Å²) in [4.78, 5) is 20.2. The predicted molar refractivity (Wildman–Crippen MR) is 136 cm³/mol. The summed E-state index contributed by atoms with van der Waals surface area (Å²) in [6.07, 6.45) is 2.19. The Kier molecular flexibility index (Phi) is 6.47. The Balaban J connectivity index is 1.18. The predicted octanol–water partition coefficient (Wildman–Crippen LogP) is 6.06. The molecule has 1 N–H and O–H groups in total. The van der Waals surface area contributed by atoms with E-state index in [4.69, 9.17) is 14.2 Å². The minimum Gasteiger partial charge on any atom is -0.494 e. The number of benzene rings is 1. The quantitative estimate of drug-likeness (QED) is 0.410. The lowest BCUT2D eigenvalue weighted by Gasteiger charge is -2.53. The van der Waals surface area contributed by atoms with Gasteiger partial charge < -0.3 is 19.3 Å². The standard InChI is InChI=1S/C29H36F3N3O4/c1-2-38-22-5-3-4-21(15-22)35(23(36)14-19-16-28(37,17-19)29(30,31)32)18-26-8-11-27(12-9-26,13-10-26)25-33-24(34-39-25)20-6-7-20/h3-5,15,19-20,37H,2,6-14,16-18H2,1H3. The van der Waals surface area contributed by atoms with Crippen LogP contribution >= 0.6 is 0 Å². The number of amides is 1. The van der Waals surface area contributed by atoms with E-state index in [0.29, 0.717) is 30.5 Å². The summed E-state index contributed by atoms with van der Waals surface area (Å²) in [6, 6.07) is 7.36. The Hall–Kier alpha value is -2.62. The van der Waals surface area contributed by atoms with Gasteiger partial charge in [0.15, 0.2) is 11.4 Å². The maximum Gasteiger partial charge on any atom is 0.417 e. The number of ether oxygens (including phenoxy) is 1. The summed E-state index contributed by atoms with van der Waals surface area (Å²) < 4.78 is 50.9. The van der Waals surface area contributed by atoms with Gasteiger partial charge in [-0.3, -0.25) is 4.79 Å². The summed E-state index contributed by atoms with van der Waals surface area (Å²) in [7, 11) is 0. The van der Waals surface area contributed by atoms with E-state index in [9.17, 15) is 23.1 Å². The normalized spacial score (nSPS) is 32.1. The number of alkyl halides is 3. The van der Waals surface area contributed by atoms with Gasteiger partial charge in [-0.15, -0.1) is 0 Å². The molecule has 10 heteroatoms. The van der Waals surface area contributed by atoms with Crippen molar-refractivity contribution in [3.8, 4) is 5.75 Å². The minimum atomic E-state index is -4.68. The number of aliphatic hydroxyl groups is 1. The van der Waals surface area contributed by atoms with Crippen molar-refractivity contribution in [1.82, 2.24) is 10.1 Å². The van der Waals surface area contributed by atoms with Gasteiger partial charge in [0, 0.05) is 36.1 Å². The number of anilines is 1. The zero-order valence-electron chi connectivity index (χ0n) is 22.3. The molecule has 0 radical (unpaired) electrons. The van der Waals surface area contributed by atoms with Gasteiger partial charge >= 0.3 is 6.18 Å². The Labute approximate surface area is 226 Å². The largest absolute Gasteiger partial charge is 0.494 e. The zero-order chi connectivity index (χ0) is 27.5. The molecule has 2 aromatic rings. The molecule has 0 unspecified atom stereocenters. The molecule has 1 amide bonds. The second-order valence-corrected chi connectivity index (χ2v) is 12.4. The number of carbonyl (C=O) groups excluding carboxylic acids is 1. The Morgan fingerprint density at radius 1 is 1.15 bits per heavy atom. The molecule has 5 aliphatic carbocycles. The van der Waals surface area contributed by atoms with E-state index < -0.39 is 30.5 Å². The van der Waals surface area contributed by atoms with Gasteiger partial charge in [0.25, 0.3) is 0 Å². The number of nitrogens with zero attached hydrogens (tertiary/aromatic N) is 3. The van der Waals surface area contributed by atoms with Crippen molar-refractivity contribution in [2.45, 2.75) is 101 Å². The maximum atomic E-state index is 13.7. The molecule has 0 atom stereocenters. The first-order valence-electron chi connectivity index (χ1n) is 14.2. The van der Waals surface area contributed by atoms with Crippen LogP contribution in [0.4, 0.5) is 18.9 Å². The van der Waals surface area contributed by atoms with Crippen molar-refractivity contribution in [1.29, 1.82) is 0 Å². The van der Waals surface area contributed by atoms with Crippen LogP contribution in [0.2, 0.25) is 0 Å². The lowest BCUT2D eigenvalue weighted by Crippen LogP contribution is -2.56. The number of hydrogen-bond donors (Lipinski definition) is 1. The third-order valence-corrected chi connectivity index (χ3v) is 9.72. The molecule has 212 valence electrons. The first-order valence-corrected chi connectivity index (χ1v) is 14.2. The van der Waals surface area contributed by atoms with Crippen LogP contribution in [0.1, 0.15) is 95.2 Å². The number of carbonyl (C=O) groups is 1. The minimum absolute atomic E-state index is 0.0246. The number of aromatic nitrogens is 2. The van der Waals surface area contributed by atoms with Gasteiger partial charge in [0.05, 0.1) is 6.61 Å². The first kappa shape index (κ1) is 26.6. The monoisotopic (exact) mass is 547 g/mol. The van der Waals surface area contributed by atoms with Crippen LogP contribution in [0.5, 0.6) is 5.75 Å². The molecule has 1 heterocycles. The van der Waals surface area contributed by atoms with Crippen molar-refractivity contribution < 1.29 is 32.3 Å². The van der Waals surface area contributed by atoms with Crippen molar-refractivity contribution in [2.24, 2.45) is 11.3 Å². The van der Waals surface area contributed by atoms with E-state index in [-0.39, 0.29) is 23.2 Å². The lowest BCUT2D eigenvalue weighted by atomic mass is 9.53. The van der Waals surface area contributed by atoms with Gasteiger partial charge in [-0.1, -0.05) is 11.2 Å². The molecule has 1 aromatic heterocycles. The van der Waals surface area contributed by atoms with Gasteiger partial charge in [0.2, 0.25) is 11.8 Å². The molecule has 5 fully saturated rings. The summed E-state index contributed by atoms with van der Waals surface area (Å²) >= 11 is 0. The van der Waals surface area contributed by atoms with E-state index >= 15 is 0 Å². The molecule has 7 rings (SSSR count). The van der Waals surface area contributed by atoms with Crippen LogP contribution in [-0.4, -0.2) is 46.1 Å². The molecule has 0 spiro atoms. The molecule has 0 saturated heterocycles. The summed E-state index contributed by atoms with van der Waals surface area (Å²) in [5.74, 6) is 1.98. The summed E-state index contributed by atoms with van der Waals surface area (Å²) in [6.45, 7) is 2.88. The highest BCUT2D eigenvalue weighted by atomic mass is 19.4. The highest BCUT2D eigenvalue weighted by Gasteiger charge is 2.61. The summed E-state index contributed by atoms with van der Waals surface area (Å²) in [5, 5.41) is 14.1. The fourth-order valence-electron chi connectivity index (χ4n) is 6.97. The Bertz CT molecular complexity index is 1190. The smallest absolute Gasteiger partial charge is 0.417 e. The average Bonchev–Trinajstić information content (AvgIpc) is 3.62. The second kappa shape index (κ2) is 9.49. The van der Waals surface area contributed by atoms with Crippen LogP contribution in [-0.2, 0) is 10.2 Å². The highest BCUT2D eigenvalue weighted by Crippen LogP contribution is 2.58. The number of rotatable bonds is 9. The van der Waals surface area contributed by atoms with Crippen molar-refractivity contribution in [3.63, 3.8) is 0 Å². The van der Waals surface area contributed by atoms with Crippen LogP contribution in [0.3, 0.4) is 0 Å². The molecule has 7 nitrogen and oxygen atoms in total. The molecular weight excluding hydrogens is 511 g/mol. The van der Waals surface area contributed by atoms with E-state index in [1.807, 2.05) is 31.2 Å². The third kappa shape index (κ3) is 4.93. The number of fused-ring (bicyclic) bond motifs is 3. The van der Waals surface area contributed by atoms with Crippen LogP contribution in [0.25, 0.3) is 0 Å². The van der Waals surface area contributed by atoms with E-state index in [1.165, 1.54) is 0 Å². The van der Waals surface area contributed by atoms with Gasteiger partial charge in [-0.25, -0.2) is 0 Å². The van der Waals surface area contributed by atoms with Crippen molar-refractivity contribution in [2.75, 3.05) is 18.1 Å². The molecule has 39 heavy (non-hydrogen) atoms. The topological polar surface area (TPSA) is 88.7 Å². The highest BCUT2D eigenvalue weighted by molar-refractivity contribution is 5.94. The molecule has 0 aliphatic heterocycles. The lowest BCUT2D eigenvalue weighted by molar-refractivity contribution is -0.298. The van der Waals surface area contributed by atoms with Crippen molar-refractivity contribution >= 4 is 11.6 Å². The van der Waals surface area contributed by atoms with E-state index in [0.717, 1.165) is 63.1 Å². The van der Waals surface area contributed by atoms with E-state index in [1.54, 1.807) is 4.90 Å². The number of hydrogen-bond acceptors (Lipinski definition) is 6. The average molecular weight is 548 g/mol. The fraction of sp³-hybridized carbons (Fsp3) is 0.690. The van der Waals surface area contributed by atoms with Gasteiger partial charge in [0.1, 0.15) is 5.75 Å². The maximum absolute atomic E-state index is 13.7. The first-order chi connectivity index (χ1) is 18.5. The number of halogens is 3. The van der Waals surface area contributed by atoms with E-state index in [2.05, 4.69) is 5.16 Å². The third-order valence-electron chi connectivity index (χ3n) is 9.72. The SMILES string of the molecule is CCOc1cccc(N(CC23CCC(c4nc(C5CC5)no4)(CC2)CC3)C(=O)CC2CC(O)(C(F)(F)F)C2)c1.